The summed E-state index contributed by atoms with van der Waals surface area (Å²) in [6, 6.07) is 3.44. The number of hydrogen-bond donors (Lipinski definition) is 2. The molecule has 0 aliphatic carbocycles. The molecule has 3 N–H and O–H groups in total. The molecule has 0 unspecified atom stereocenters. The first-order chi connectivity index (χ1) is 7.16. The monoisotopic (exact) mass is 203 g/mol. The van der Waals surface area contributed by atoms with Gasteiger partial charge in [0.05, 0.1) is 17.5 Å². The van der Waals surface area contributed by atoms with Crippen LogP contribution in [-0.4, -0.2) is 15.9 Å². The Kier molecular flexibility index (Phi) is 2.21. The zero-order valence-electron chi connectivity index (χ0n) is 7.86. The van der Waals surface area contributed by atoms with Crippen molar-refractivity contribution >= 4 is 16.7 Å². The number of carbonyl (C=O) groups is 1. The van der Waals surface area contributed by atoms with Crippen molar-refractivity contribution in [1.82, 2.24) is 9.97 Å². The van der Waals surface area contributed by atoms with Crippen LogP contribution in [0.2, 0.25) is 0 Å². The summed E-state index contributed by atoms with van der Waals surface area (Å²) < 4.78 is 0. The van der Waals surface area contributed by atoms with E-state index in [0.717, 1.165) is 5.39 Å². The van der Waals surface area contributed by atoms with Crippen molar-refractivity contribution < 1.29 is 4.79 Å². The van der Waals surface area contributed by atoms with Crippen molar-refractivity contribution in [2.24, 2.45) is 5.73 Å². The number of primary amides is 1. The average Bonchev–Trinajstić information content (AvgIpc) is 2.17. The second-order valence-electron chi connectivity index (χ2n) is 3.21. The summed E-state index contributed by atoms with van der Waals surface area (Å²) >= 11 is 0. The molecule has 2 aromatic rings. The second kappa shape index (κ2) is 3.53. The third-order valence-corrected chi connectivity index (χ3v) is 2.07. The summed E-state index contributed by atoms with van der Waals surface area (Å²) in [7, 11) is 0. The van der Waals surface area contributed by atoms with E-state index in [4.69, 9.17) is 5.73 Å². The van der Waals surface area contributed by atoms with Crippen LogP contribution in [0.5, 0.6) is 0 Å². The molecule has 76 valence electrons. The molecule has 5 nitrogen and oxygen atoms in total. The Balaban J connectivity index is 2.57. The minimum absolute atomic E-state index is 0.0861. The maximum Gasteiger partial charge on any atom is 0.257 e. The van der Waals surface area contributed by atoms with Gasteiger partial charge in [-0.15, -0.1) is 0 Å². The van der Waals surface area contributed by atoms with E-state index in [0.29, 0.717) is 11.1 Å². The lowest BCUT2D eigenvalue weighted by Gasteiger charge is -1.99. The van der Waals surface area contributed by atoms with Gasteiger partial charge in [-0.1, -0.05) is 0 Å². The molecule has 0 saturated carbocycles. The first-order valence-corrected chi connectivity index (χ1v) is 4.41. The Morgan fingerprint density at radius 1 is 1.53 bits per heavy atom. The van der Waals surface area contributed by atoms with E-state index in [1.54, 1.807) is 18.3 Å². The third kappa shape index (κ3) is 1.85. The molecule has 0 aliphatic rings. The summed E-state index contributed by atoms with van der Waals surface area (Å²) in [4.78, 5) is 28.5. The van der Waals surface area contributed by atoms with Crippen molar-refractivity contribution in [3.63, 3.8) is 0 Å². The quantitative estimate of drug-likeness (QED) is 0.717. The van der Waals surface area contributed by atoms with Crippen molar-refractivity contribution in [1.29, 1.82) is 0 Å². The molecular weight excluding hydrogens is 194 g/mol. The normalized spacial score (nSPS) is 10.4. The van der Waals surface area contributed by atoms with Gasteiger partial charge in [0.2, 0.25) is 5.91 Å². The Hall–Kier alpha value is -2.17. The van der Waals surface area contributed by atoms with E-state index in [1.807, 2.05) is 0 Å². The molecular formula is C10H9N3O2. The fraction of sp³-hybridized carbons (Fsp3) is 0.100. The van der Waals surface area contributed by atoms with Gasteiger partial charge in [0.25, 0.3) is 5.56 Å². The van der Waals surface area contributed by atoms with Crippen molar-refractivity contribution in [3.8, 4) is 0 Å². The topological polar surface area (TPSA) is 88.8 Å². The lowest BCUT2D eigenvalue weighted by Crippen LogP contribution is -2.15. The zero-order chi connectivity index (χ0) is 10.8. The first kappa shape index (κ1) is 9.39. The molecule has 0 spiro atoms. The van der Waals surface area contributed by atoms with E-state index < -0.39 is 5.91 Å². The van der Waals surface area contributed by atoms with Crippen LogP contribution >= 0.6 is 0 Å². The SMILES string of the molecule is NC(=O)Cc1cc2cc[nH]c(=O)c2cn1. The van der Waals surface area contributed by atoms with Gasteiger partial charge in [-0.3, -0.25) is 14.6 Å². The predicted octanol–water partition coefficient (Wildman–Crippen LogP) is -0.0491. The van der Waals surface area contributed by atoms with Crippen LogP contribution in [0.1, 0.15) is 5.69 Å². The number of H-pyrrole nitrogens is 1. The van der Waals surface area contributed by atoms with Gasteiger partial charge in [-0.25, -0.2) is 0 Å². The van der Waals surface area contributed by atoms with Crippen LogP contribution in [0.3, 0.4) is 0 Å². The van der Waals surface area contributed by atoms with E-state index in [-0.39, 0.29) is 12.0 Å². The minimum atomic E-state index is -0.438. The average molecular weight is 203 g/mol. The van der Waals surface area contributed by atoms with Gasteiger partial charge in [0, 0.05) is 12.4 Å². The number of nitrogens with one attached hydrogen (secondary N) is 1. The van der Waals surface area contributed by atoms with Crippen LogP contribution in [-0.2, 0) is 11.2 Å². The van der Waals surface area contributed by atoms with Gasteiger partial charge < -0.3 is 10.7 Å². The fourth-order valence-electron chi connectivity index (χ4n) is 1.40. The van der Waals surface area contributed by atoms with Gasteiger partial charge in [-0.2, -0.15) is 0 Å². The molecule has 2 rings (SSSR count). The summed E-state index contributed by atoms with van der Waals surface area (Å²) in [5.41, 5.74) is 5.43. The van der Waals surface area contributed by atoms with Gasteiger partial charge in [0.1, 0.15) is 0 Å². The van der Waals surface area contributed by atoms with Gasteiger partial charge in [0.15, 0.2) is 0 Å². The Bertz CT molecular complexity index is 574. The number of nitrogens with zero attached hydrogens (tertiary/aromatic N) is 1. The smallest absolute Gasteiger partial charge is 0.257 e. The van der Waals surface area contributed by atoms with E-state index >= 15 is 0 Å². The van der Waals surface area contributed by atoms with Crippen molar-refractivity contribution in [3.05, 3.63) is 40.6 Å². The van der Waals surface area contributed by atoms with E-state index in [9.17, 15) is 9.59 Å². The van der Waals surface area contributed by atoms with Gasteiger partial charge in [-0.05, 0) is 17.5 Å². The maximum atomic E-state index is 11.3. The highest BCUT2D eigenvalue weighted by molar-refractivity contribution is 5.82. The molecule has 0 atom stereocenters. The van der Waals surface area contributed by atoms with Crippen LogP contribution < -0.4 is 11.3 Å². The number of fused-ring (bicyclic) bond motifs is 1. The Morgan fingerprint density at radius 2 is 2.33 bits per heavy atom. The van der Waals surface area contributed by atoms with Crippen LogP contribution in [0.25, 0.3) is 10.8 Å². The standard InChI is InChI=1S/C10H9N3O2/c11-9(14)4-7-3-6-1-2-12-10(15)8(6)5-13-7/h1-3,5H,4H2,(H2,11,14)(H,12,15). The summed E-state index contributed by atoms with van der Waals surface area (Å²) in [6.07, 6.45) is 3.09. The highest BCUT2D eigenvalue weighted by Gasteiger charge is 2.03. The summed E-state index contributed by atoms with van der Waals surface area (Å²) in [6.45, 7) is 0. The third-order valence-electron chi connectivity index (χ3n) is 2.07. The number of aromatic amines is 1. The van der Waals surface area contributed by atoms with E-state index in [2.05, 4.69) is 9.97 Å². The van der Waals surface area contributed by atoms with Crippen molar-refractivity contribution in [2.45, 2.75) is 6.42 Å². The minimum Gasteiger partial charge on any atom is -0.369 e. The predicted molar refractivity (Wildman–Crippen MR) is 55.3 cm³/mol. The highest BCUT2D eigenvalue weighted by atomic mass is 16.1. The van der Waals surface area contributed by atoms with Crippen LogP contribution in [0.4, 0.5) is 0 Å². The lowest BCUT2D eigenvalue weighted by atomic mass is 10.1. The molecule has 0 saturated heterocycles. The molecule has 0 bridgehead atoms. The molecule has 0 aromatic carbocycles. The number of carbonyl (C=O) groups excluding carboxylic acids is 1. The Morgan fingerprint density at radius 3 is 3.07 bits per heavy atom. The molecule has 0 fully saturated rings. The molecule has 2 aromatic heterocycles. The number of aromatic nitrogens is 2. The second-order valence-corrected chi connectivity index (χ2v) is 3.21. The van der Waals surface area contributed by atoms with Gasteiger partial charge >= 0.3 is 0 Å². The maximum absolute atomic E-state index is 11.3. The molecule has 5 heteroatoms. The number of pyridine rings is 2. The fourth-order valence-corrected chi connectivity index (χ4v) is 1.40. The van der Waals surface area contributed by atoms with E-state index in [1.165, 1.54) is 6.20 Å². The molecule has 0 aliphatic heterocycles. The first-order valence-electron chi connectivity index (χ1n) is 4.41. The summed E-state index contributed by atoms with van der Waals surface area (Å²) in [5, 5.41) is 1.26. The van der Waals surface area contributed by atoms with Crippen molar-refractivity contribution in [2.75, 3.05) is 0 Å². The lowest BCUT2D eigenvalue weighted by molar-refractivity contribution is -0.117. The highest BCUT2D eigenvalue weighted by Crippen LogP contribution is 2.08. The molecule has 15 heavy (non-hydrogen) atoms. The Labute approximate surface area is 84.9 Å². The molecule has 1 amide bonds. The number of amides is 1. The van der Waals surface area contributed by atoms with Crippen LogP contribution in [0, 0.1) is 0 Å². The number of hydrogen-bond acceptors (Lipinski definition) is 3. The number of rotatable bonds is 2. The molecule has 2 heterocycles. The summed E-state index contributed by atoms with van der Waals surface area (Å²) in [5.74, 6) is -0.438. The zero-order valence-corrected chi connectivity index (χ0v) is 7.86. The van der Waals surface area contributed by atoms with Crippen LogP contribution in [0.15, 0.2) is 29.3 Å². The number of nitrogens with two attached hydrogens (primary N) is 1. The molecule has 0 radical (unpaired) electrons. The largest absolute Gasteiger partial charge is 0.369 e.